The predicted molar refractivity (Wildman–Crippen MR) is 71.0 cm³/mol. The quantitative estimate of drug-likeness (QED) is 0.807. The van der Waals surface area contributed by atoms with E-state index in [2.05, 4.69) is 36.6 Å². The van der Waals surface area contributed by atoms with Crippen LogP contribution in [0.4, 0.5) is 4.79 Å². The summed E-state index contributed by atoms with van der Waals surface area (Å²) in [5.41, 5.74) is 2.41. The van der Waals surface area contributed by atoms with Crippen molar-refractivity contribution in [2.24, 2.45) is 0 Å². The summed E-state index contributed by atoms with van der Waals surface area (Å²) >= 11 is 0. The molecule has 2 amide bonds. The fraction of sp³-hybridized carbons (Fsp3) is 0.500. The molecule has 17 heavy (non-hydrogen) atoms. The van der Waals surface area contributed by atoms with Crippen LogP contribution >= 0.6 is 0 Å². The Kier molecular flexibility index (Phi) is 5.53. The number of carbonyl (C=O) groups excluding carboxylic acids is 1. The summed E-state index contributed by atoms with van der Waals surface area (Å²) in [6.45, 7) is 6.91. The molecule has 1 rings (SSSR count). The highest BCUT2D eigenvalue weighted by Crippen LogP contribution is 2.19. The first-order chi connectivity index (χ1) is 8.19. The summed E-state index contributed by atoms with van der Waals surface area (Å²) < 4.78 is 0. The van der Waals surface area contributed by atoms with E-state index in [1.165, 1.54) is 11.1 Å². The Morgan fingerprint density at radius 3 is 2.59 bits per heavy atom. The Morgan fingerprint density at radius 1 is 1.29 bits per heavy atom. The Labute approximate surface area is 104 Å². The number of aryl methyl sites for hydroxylation is 1. The van der Waals surface area contributed by atoms with Crippen molar-refractivity contribution in [1.82, 2.24) is 10.6 Å². The van der Waals surface area contributed by atoms with Gasteiger partial charge < -0.3 is 10.6 Å². The lowest BCUT2D eigenvalue weighted by atomic mass is 9.99. The van der Waals surface area contributed by atoms with Gasteiger partial charge in [0.2, 0.25) is 0 Å². The lowest BCUT2D eigenvalue weighted by Gasteiger charge is -2.19. The Hall–Kier alpha value is -1.51. The van der Waals surface area contributed by atoms with Crippen LogP contribution in [0.2, 0.25) is 0 Å². The van der Waals surface area contributed by atoms with E-state index in [-0.39, 0.29) is 12.1 Å². The van der Waals surface area contributed by atoms with Crippen molar-refractivity contribution >= 4 is 6.03 Å². The minimum absolute atomic E-state index is 0.0815. The van der Waals surface area contributed by atoms with Gasteiger partial charge in [-0.15, -0.1) is 0 Å². The van der Waals surface area contributed by atoms with E-state index < -0.39 is 0 Å². The van der Waals surface area contributed by atoms with Crippen LogP contribution in [-0.4, -0.2) is 12.6 Å². The average Bonchev–Trinajstić information content (AvgIpc) is 2.34. The smallest absolute Gasteiger partial charge is 0.315 e. The second-order valence-electron chi connectivity index (χ2n) is 4.22. The second kappa shape index (κ2) is 6.94. The van der Waals surface area contributed by atoms with Crippen molar-refractivity contribution in [3.8, 4) is 0 Å². The molecule has 94 valence electrons. The van der Waals surface area contributed by atoms with Crippen LogP contribution in [0.3, 0.4) is 0 Å². The molecule has 1 aromatic carbocycles. The molecule has 0 aliphatic heterocycles. The Balaban J connectivity index is 2.66. The van der Waals surface area contributed by atoms with Gasteiger partial charge in [0.15, 0.2) is 0 Å². The molecule has 3 nitrogen and oxygen atoms in total. The van der Waals surface area contributed by atoms with E-state index in [0.717, 1.165) is 19.4 Å². The van der Waals surface area contributed by atoms with Crippen LogP contribution in [0.5, 0.6) is 0 Å². The zero-order valence-electron chi connectivity index (χ0n) is 10.9. The van der Waals surface area contributed by atoms with Gasteiger partial charge in [0.1, 0.15) is 0 Å². The van der Waals surface area contributed by atoms with Crippen LogP contribution in [0.1, 0.15) is 43.9 Å². The molecule has 0 aromatic heterocycles. The fourth-order valence-electron chi connectivity index (χ4n) is 1.83. The topological polar surface area (TPSA) is 41.1 Å². The number of nitrogens with one attached hydrogen (secondary N) is 2. The van der Waals surface area contributed by atoms with E-state index in [1.807, 2.05) is 19.1 Å². The lowest BCUT2D eigenvalue weighted by molar-refractivity contribution is 0.236. The molecular formula is C14H22N2O. The van der Waals surface area contributed by atoms with Gasteiger partial charge in [-0.05, 0) is 30.9 Å². The zero-order chi connectivity index (χ0) is 12.7. The van der Waals surface area contributed by atoms with Crippen molar-refractivity contribution in [3.63, 3.8) is 0 Å². The molecule has 0 saturated carbocycles. The van der Waals surface area contributed by atoms with Gasteiger partial charge >= 0.3 is 6.03 Å². The minimum Gasteiger partial charge on any atom is -0.338 e. The van der Waals surface area contributed by atoms with Gasteiger partial charge in [0.05, 0.1) is 6.04 Å². The van der Waals surface area contributed by atoms with Crippen molar-refractivity contribution < 1.29 is 4.79 Å². The highest BCUT2D eigenvalue weighted by Gasteiger charge is 2.13. The number of amides is 2. The summed E-state index contributed by atoms with van der Waals surface area (Å²) in [5.74, 6) is 0. The van der Waals surface area contributed by atoms with Gasteiger partial charge in [-0.2, -0.15) is 0 Å². The predicted octanol–water partition coefficient (Wildman–Crippen LogP) is 3.16. The molecule has 2 N–H and O–H groups in total. The molecule has 0 saturated heterocycles. The number of carbonyl (C=O) groups is 1. The van der Waals surface area contributed by atoms with Crippen molar-refractivity contribution in [3.05, 3.63) is 35.4 Å². The summed E-state index contributed by atoms with van der Waals surface area (Å²) in [7, 11) is 0. The number of hydrogen-bond donors (Lipinski definition) is 2. The highest BCUT2D eigenvalue weighted by molar-refractivity contribution is 5.74. The van der Waals surface area contributed by atoms with Crippen molar-refractivity contribution in [1.29, 1.82) is 0 Å². The highest BCUT2D eigenvalue weighted by atomic mass is 16.2. The summed E-state index contributed by atoms with van der Waals surface area (Å²) in [4.78, 5) is 11.6. The molecule has 3 heteroatoms. The second-order valence-corrected chi connectivity index (χ2v) is 4.22. The van der Waals surface area contributed by atoms with E-state index >= 15 is 0 Å². The standard InChI is InChI=1S/C14H22N2O/c1-4-10-15-14(17)16-13(5-2)12-9-7-6-8-11(12)3/h6-9,13H,4-5,10H2,1-3H3,(H2,15,16,17)/t13-/m0/s1. The van der Waals surface area contributed by atoms with Crippen LogP contribution in [-0.2, 0) is 0 Å². The fourth-order valence-corrected chi connectivity index (χ4v) is 1.83. The lowest BCUT2D eigenvalue weighted by Crippen LogP contribution is -2.38. The number of hydrogen-bond acceptors (Lipinski definition) is 1. The van der Waals surface area contributed by atoms with Crippen LogP contribution < -0.4 is 10.6 Å². The molecule has 0 radical (unpaired) electrons. The van der Waals surface area contributed by atoms with Gasteiger partial charge in [-0.3, -0.25) is 0 Å². The molecular weight excluding hydrogens is 212 g/mol. The summed E-state index contributed by atoms with van der Waals surface area (Å²) in [5, 5.41) is 5.84. The first-order valence-corrected chi connectivity index (χ1v) is 6.28. The van der Waals surface area contributed by atoms with Gasteiger partial charge in [-0.1, -0.05) is 38.1 Å². The van der Waals surface area contributed by atoms with E-state index in [1.54, 1.807) is 0 Å². The van der Waals surface area contributed by atoms with Crippen LogP contribution in [0.15, 0.2) is 24.3 Å². The molecule has 0 fully saturated rings. The first-order valence-electron chi connectivity index (χ1n) is 6.28. The van der Waals surface area contributed by atoms with Crippen LogP contribution in [0, 0.1) is 6.92 Å². The van der Waals surface area contributed by atoms with E-state index in [9.17, 15) is 4.79 Å². The maximum Gasteiger partial charge on any atom is 0.315 e. The maximum atomic E-state index is 11.6. The van der Waals surface area contributed by atoms with Gasteiger partial charge in [-0.25, -0.2) is 4.79 Å². The molecule has 1 aromatic rings. The number of benzene rings is 1. The van der Waals surface area contributed by atoms with Crippen LogP contribution in [0.25, 0.3) is 0 Å². The third kappa shape index (κ3) is 4.10. The SMILES string of the molecule is CCCNC(=O)N[C@@H](CC)c1ccccc1C. The molecule has 0 aliphatic rings. The minimum atomic E-state index is -0.0815. The third-order valence-electron chi connectivity index (χ3n) is 2.81. The zero-order valence-corrected chi connectivity index (χ0v) is 10.9. The molecule has 0 aliphatic carbocycles. The number of rotatable bonds is 5. The maximum absolute atomic E-state index is 11.6. The largest absolute Gasteiger partial charge is 0.338 e. The average molecular weight is 234 g/mol. The third-order valence-corrected chi connectivity index (χ3v) is 2.81. The van der Waals surface area contributed by atoms with E-state index in [0.29, 0.717) is 0 Å². The van der Waals surface area contributed by atoms with E-state index in [4.69, 9.17) is 0 Å². The van der Waals surface area contributed by atoms with Crippen molar-refractivity contribution in [2.75, 3.05) is 6.54 Å². The molecule has 0 bridgehead atoms. The molecule has 0 spiro atoms. The first kappa shape index (κ1) is 13.6. The summed E-state index contributed by atoms with van der Waals surface area (Å²) in [6, 6.07) is 8.18. The normalized spacial score (nSPS) is 11.9. The summed E-state index contributed by atoms with van der Waals surface area (Å²) in [6.07, 6.45) is 1.85. The molecule has 1 atom stereocenters. The number of urea groups is 1. The van der Waals surface area contributed by atoms with Gasteiger partial charge in [0, 0.05) is 6.54 Å². The Bertz CT molecular complexity index is 363. The van der Waals surface area contributed by atoms with Crippen molar-refractivity contribution in [2.45, 2.75) is 39.7 Å². The van der Waals surface area contributed by atoms with Gasteiger partial charge in [0.25, 0.3) is 0 Å². The Morgan fingerprint density at radius 2 is 2.00 bits per heavy atom. The molecule has 0 unspecified atom stereocenters. The monoisotopic (exact) mass is 234 g/mol. The molecule has 0 heterocycles.